The molecule has 0 N–H and O–H groups in total. The lowest BCUT2D eigenvalue weighted by Crippen LogP contribution is -1.94. The van der Waals surface area contributed by atoms with Crippen molar-refractivity contribution in [2.45, 2.75) is 20.3 Å². The fourth-order valence-corrected chi connectivity index (χ4v) is 2.57. The van der Waals surface area contributed by atoms with Crippen molar-refractivity contribution in [3.8, 4) is 10.6 Å². The van der Waals surface area contributed by atoms with Crippen molar-refractivity contribution < 1.29 is 4.79 Å². The molecule has 0 radical (unpaired) electrons. The molecule has 0 aliphatic carbocycles. The van der Waals surface area contributed by atoms with Gasteiger partial charge in [0.2, 0.25) is 0 Å². The lowest BCUT2D eigenvalue weighted by atomic mass is 10.2. The first-order valence-electron chi connectivity index (χ1n) is 5.03. The Morgan fingerprint density at radius 2 is 2.06 bits per heavy atom. The van der Waals surface area contributed by atoms with Gasteiger partial charge in [-0.3, -0.25) is 9.78 Å². The zero-order valence-electron chi connectivity index (χ0n) is 9.23. The molecule has 4 heteroatoms. The van der Waals surface area contributed by atoms with Gasteiger partial charge in [0.25, 0.3) is 0 Å². The first kappa shape index (κ1) is 11.0. The van der Waals surface area contributed by atoms with E-state index in [2.05, 4.69) is 9.97 Å². The molecule has 0 atom stereocenters. The smallest absolute Gasteiger partial charge is 0.135 e. The van der Waals surface area contributed by atoms with Crippen LogP contribution in [0.2, 0.25) is 0 Å². The average molecular weight is 232 g/mol. The van der Waals surface area contributed by atoms with E-state index < -0.39 is 0 Å². The van der Waals surface area contributed by atoms with Crippen molar-refractivity contribution >= 4 is 17.1 Å². The molecule has 0 aliphatic rings. The molecule has 0 unspecified atom stereocenters. The van der Waals surface area contributed by atoms with Gasteiger partial charge >= 0.3 is 0 Å². The normalized spacial score (nSPS) is 10.4. The van der Waals surface area contributed by atoms with E-state index in [0.29, 0.717) is 6.42 Å². The number of aromatic nitrogens is 2. The van der Waals surface area contributed by atoms with Crippen molar-refractivity contribution in [2.24, 2.45) is 0 Å². The second-order valence-electron chi connectivity index (χ2n) is 3.64. The van der Waals surface area contributed by atoms with E-state index in [9.17, 15) is 4.79 Å². The quantitative estimate of drug-likeness (QED) is 0.817. The highest BCUT2D eigenvalue weighted by Crippen LogP contribution is 2.27. The number of aryl methyl sites for hydroxylation is 1. The van der Waals surface area contributed by atoms with E-state index in [1.54, 1.807) is 30.7 Å². The van der Waals surface area contributed by atoms with Gasteiger partial charge in [0.15, 0.2) is 0 Å². The van der Waals surface area contributed by atoms with Crippen LogP contribution < -0.4 is 0 Å². The zero-order valence-corrected chi connectivity index (χ0v) is 10.0. The summed E-state index contributed by atoms with van der Waals surface area (Å²) in [7, 11) is 0. The van der Waals surface area contributed by atoms with Gasteiger partial charge in [-0.05, 0) is 26.0 Å². The number of pyridine rings is 1. The molecular weight excluding hydrogens is 220 g/mol. The lowest BCUT2D eigenvalue weighted by molar-refractivity contribution is -0.116. The molecule has 2 aromatic heterocycles. The second-order valence-corrected chi connectivity index (χ2v) is 4.73. The predicted octanol–water partition coefficient (Wildman–Crippen LogP) is 2.65. The summed E-state index contributed by atoms with van der Waals surface area (Å²) in [5.41, 5.74) is 2.00. The maximum absolute atomic E-state index is 11.1. The summed E-state index contributed by atoms with van der Waals surface area (Å²) in [6, 6.07) is 3.85. The molecule has 0 aliphatic heterocycles. The summed E-state index contributed by atoms with van der Waals surface area (Å²) >= 11 is 1.58. The molecule has 0 fully saturated rings. The molecule has 0 saturated carbocycles. The molecule has 0 spiro atoms. The summed E-state index contributed by atoms with van der Waals surface area (Å²) in [6.45, 7) is 3.55. The predicted molar refractivity (Wildman–Crippen MR) is 64.5 cm³/mol. The Morgan fingerprint density at radius 3 is 2.69 bits per heavy atom. The third-order valence-electron chi connectivity index (χ3n) is 2.23. The highest BCUT2D eigenvalue weighted by Gasteiger charge is 2.10. The van der Waals surface area contributed by atoms with E-state index in [4.69, 9.17) is 0 Å². The molecule has 3 nitrogen and oxygen atoms in total. The van der Waals surface area contributed by atoms with Crippen LogP contribution in [0.25, 0.3) is 10.6 Å². The number of nitrogens with zero attached hydrogens (tertiary/aromatic N) is 2. The monoisotopic (exact) mass is 232 g/mol. The van der Waals surface area contributed by atoms with Crippen LogP contribution in [-0.2, 0) is 11.2 Å². The van der Waals surface area contributed by atoms with Gasteiger partial charge in [-0.1, -0.05) is 0 Å². The fourth-order valence-electron chi connectivity index (χ4n) is 1.44. The van der Waals surface area contributed by atoms with Crippen molar-refractivity contribution in [1.29, 1.82) is 0 Å². The number of carbonyl (C=O) groups excluding carboxylic acids is 1. The number of carbonyl (C=O) groups is 1. The number of hydrogen-bond donors (Lipinski definition) is 0. The number of thiazole rings is 1. The first-order chi connectivity index (χ1) is 7.66. The van der Waals surface area contributed by atoms with E-state index >= 15 is 0 Å². The SMILES string of the molecule is CC(=O)Cc1sc(-c2ccncc2)nc1C. The molecule has 0 saturated heterocycles. The largest absolute Gasteiger partial charge is 0.300 e. The Hall–Kier alpha value is -1.55. The minimum absolute atomic E-state index is 0.174. The molecule has 82 valence electrons. The van der Waals surface area contributed by atoms with E-state index in [-0.39, 0.29) is 5.78 Å². The summed E-state index contributed by atoms with van der Waals surface area (Å²) in [4.78, 5) is 20.6. The topological polar surface area (TPSA) is 42.9 Å². The van der Waals surface area contributed by atoms with Crippen LogP contribution >= 0.6 is 11.3 Å². The van der Waals surface area contributed by atoms with E-state index in [0.717, 1.165) is 21.1 Å². The third-order valence-corrected chi connectivity index (χ3v) is 3.44. The molecule has 16 heavy (non-hydrogen) atoms. The van der Waals surface area contributed by atoms with Gasteiger partial charge in [-0.15, -0.1) is 11.3 Å². The maximum Gasteiger partial charge on any atom is 0.135 e. The number of rotatable bonds is 3. The Bertz CT molecular complexity index is 505. The van der Waals surface area contributed by atoms with Crippen LogP contribution in [0.5, 0.6) is 0 Å². The highest BCUT2D eigenvalue weighted by molar-refractivity contribution is 7.15. The van der Waals surface area contributed by atoms with Gasteiger partial charge in [-0.2, -0.15) is 0 Å². The Labute approximate surface area is 98.2 Å². The van der Waals surface area contributed by atoms with Gasteiger partial charge < -0.3 is 0 Å². The maximum atomic E-state index is 11.1. The Balaban J connectivity index is 2.34. The molecule has 0 aromatic carbocycles. The second kappa shape index (κ2) is 4.53. The van der Waals surface area contributed by atoms with Gasteiger partial charge in [-0.25, -0.2) is 4.98 Å². The molecule has 2 aromatic rings. The fraction of sp³-hybridized carbons (Fsp3) is 0.250. The third kappa shape index (κ3) is 2.33. The van der Waals surface area contributed by atoms with E-state index in [1.807, 2.05) is 19.1 Å². The van der Waals surface area contributed by atoms with Crippen molar-refractivity contribution in [1.82, 2.24) is 9.97 Å². The summed E-state index contributed by atoms with van der Waals surface area (Å²) in [5.74, 6) is 0.174. The Kier molecular flexibility index (Phi) is 3.10. The van der Waals surface area contributed by atoms with Crippen molar-refractivity contribution in [3.63, 3.8) is 0 Å². The zero-order chi connectivity index (χ0) is 11.5. The van der Waals surface area contributed by atoms with Crippen LogP contribution in [0.3, 0.4) is 0 Å². The molecule has 0 bridgehead atoms. The van der Waals surface area contributed by atoms with Crippen LogP contribution in [0.15, 0.2) is 24.5 Å². The van der Waals surface area contributed by atoms with Gasteiger partial charge in [0, 0.05) is 29.3 Å². The minimum Gasteiger partial charge on any atom is -0.300 e. The minimum atomic E-state index is 0.174. The van der Waals surface area contributed by atoms with Gasteiger partial charge in [0.1, 0.15) is 10.8 Å². The standard InChI is InChI=1S/C12H12N2OS/c1-8(15)7-11-9(2)14-12(16-11)10-3-5-13-6-4-10/h3-6H,7H2,1-2H3. The first-order valence-corrected chi connectivity index (χ1v) is 5.84. The molecular formula is C12H12N2OS. The van der Waals surface area contributed by atoms with Crippen molar-refractivity contribution in [3.05, 3.63) is 35.1 Å². The lowest BCUT2D eigenvalue weighted by Gasteiger charge is -1.92. The molecule has 2 rings (SSSR count). The number of ketones is 1. The molecule has 2 heterocycles. The van der Waals surface area contributed by atoms with Crippen LogP contribution in [0.4, 0.5) is 0 Å². The summed E-state index contributed by atoms with van der Waals surface area (Å²) in [5, 5.41) is 0.955. The average Bonchev–Trinajstić information content (AvgIpc) is 2.61. The highest BCUT2D eigenvalue weighted by atomic mass is 32.1. The number of hydrogen-bond acceptors (Lipinski definition) is 4. The van der Waals surface area contributed by atoms with E-state index in [1.165, 1.54) is 0 Å². The van der Waals surface area contributed by atoms with Crippen LogP contribution in [0, 0.1) is 6.92 Å². The van der Waals surface area contributed by atoms with Crippen LogP contribution in [-0.4, -0.2) is 15.8 Å². The van der Waals surface area contributed by atoms with Crippen molar-refractivity contribution in [2.75, 3.05) is 0 Å². The summed E-state index contributed by atoms with van der Waals surface area (Å²) in [6.07, 6.45) is 3.97. The van der Waals surface area contributed by atoms with Gasteiger partial charge in [0.05, 0.1) is 5.69 Å². The van der Waals surface area contributed by atoms with Crippen LogP contribution in [0.1, 0.15) is 17.5 Å². The molecule has 0 amide bonds. The summed E-state index contributed by atoms with van der Waals surface area (Å²) < 4.78 is 0. The number of Topliss-reactive ketones (excluding diaryl/α,β-unsaturated/α-hetero) is 1. The Morgan fingerprint density at radius 1 is 1.38 bits per heavy atom.